The fraction of sp³-hybridized carbons (Fsp3) is 0.500. The van der Waals surface area contributed by atoms with E-state index in [0.717, 1.165) is 25.8 Å². The number of carbonyl (C=O) groups is 1. The van der Waals surface area contributed by atoms with Crippen molar-refractivity contribution in [3.8, 4) is 0 Å². The largest absolute Gasteiger partial charge is 0.354 e. The number of nitrogens with zero attached hydrogens (tertiary/aromatic N) is 1. The van der Waals surface area contributed by atoms with Crippen LogP contribution in [-0.2, 0) is 4.79 Å². The summed E-state index contributed by atoms with van der Waals surface area (Å²) < 4.78 is 1.99. The summed E-state index contributed by atoms with van der Waals surface area (Å²) in [4.78, 5) is 11.6. The molecule has 1 N–H and O–H groups in total. The van der Waals surface area contributed by atoms with Gasteiger partial charge in [0.2, 0.25) is 5.91 Å². The van der Waals surface area contributed by atoms with E-state index in [-0.39, 0.29) is 11.9 Å². The van der Waals surface area contributed by atoms with Crippen molar-refractivity contribution in [1.29, 1.82) is 0 Å². The molecule has 3 nitrogen and oxygen atoms in total. The highest BCUT2D eigenvalue weighted by Gasteiger charge is 2.20. The Labute approximate surface area is 77.7 Å². The van der Waals surface area contributed by atoms with Crippen LogP contribution in [0.15, 0.2) is 24.5 Å². The zero-order valence-corrected chi connectivity index (χ0v) is 7.57. The Morgan fingerprint density at radius 2 is 2.08 bits per heavy atom. The first-order valence-corrected chi connectivity index (χ1v) is 4.78. The lowest BCUT2D eigenvalue weighted by atomic mass is 10.1. The van der Waals surface area contributed by atoms with Gasteiger partial charge in [-0.2, -0.15) is 0 Å². The van der Waals surface area contributed by atoms with Gasteiger partial charge in [-0.05, 0) is 31.4 Å². The predicted octanol–water partition coefficient (Wildman–Crippen LogP) is 1.33. The molecule has 70 valence electrons. The van der Waals surface area contributed by atoms with Gasteiger partial charge in [0.15, 0.2) is 0 Å². The molecule has 1 aromatic heterocycles. The molecule has 0 saturated carbocycles. The summed E-state index contributed by atoms with van der Waals surface area (Å²) in [5.74, 6) is 0.161. The second-order valence-electron chi connectivity index (χ2n) is 3.43. The van der Waals surface area contributed by atoms with Crippen molar-refractivity contribution in [2.24, 2.45) is 0 Å². The van der Waals surface area contributed by atoms with Crippen LogP contribution >= 0.6 is 0 Å². The summed E-state index contributed by atoms with van der Waals surface area (Å²) in [6.45, 7) is 0.830. The summed E-state index contributed by atoms with van der Waals surface area (Å²) in [6, 6.07) is 3.92. The Kier molecular flexibility index (Phi) is 2.34. The lowest BCUT2D eigenvalue weighted by Crippen LogP contribution is -2.30. The fourth-order valence-electron chi connectivity index (χ4n) is 1.76. The molecule has 1 amide bonds. The maximum atomic E-state index is 11.6. The highest BCUT2D eigenvalue weighted by molar-refractivity contribution is 5.80. The number of hydrogen-bond donors (Lipinski definition) is 1. The van der Waals surface area contributed by atoms with Gasteiger partial charge in [0.05, 0.1) is 0 Å². The molecule has 1 fully saturated rings. The van der Waals surface area contributed by atoms with E-state index < -0.39 is 0 Å². The molecule has 1 atom stereocenters. The molecule has 1 saturated heterocycles. The molecule has 2 heterocycles. The smallest absolute Gasteiger partial charge is 0.243 e. The van der Waals surface area contributed by atoms with Crippen LogP contribution in [0.3, 0.4) is 0 Å². The summed E-state index contributed by atoms with van der Waals surface area (Å²) in [6.07, 6.45) is 7.09. The van der Waals surface area contributed by atoms with Crippen LogP contribution in [0, 0.1) is 0 Å². The van der Waals surface area contributed by atoms with Crippen molar-refractivity contribution in [1.82, 2.24) is 9.88 Å². The van der Waals surface area contributed by atoms with Gasteiger partial charge in [-0.3, -0.25) is 4.79 Å². The van der Waals surface area contributed by atoms with E-state index in [0.29, 0.717) is 0 Å². The fourth-order valence-corrected chi connectivity index (χ4v) is 1.76. The quantitative estimate of drug-likeness (QED) is 0.691. The number of nitrogens with one attached hydrogen (secondary N) is 1. The normalized spacial score (nSPS) is 23.7. The number of rotatable bonds is 1. The van der Waals surface area contributed by atoms with Crippen LogP contribution < -0.4 is 5.32 Å². The van der Waals surface area contributed by atoms with E-state index in [1.165, 1.54) is 0 Å². The van der Waals surface area contributed by atoms with Crippen molar-refractivity contribution in [3.63, 3.8) is 0 Å². The van der Waals surface area contributed by atoms with E-state index in [9.17, 15) is 4.79 Å². The minimum Gasteiger partial charge on any atom is -0.354 e. The maximum absolute atomic E-state index is 11.6. The molecule has 1 aliphatic rings. The summed E-state index contributed by atoms with van der Waals surface area (Å²) in [5, 5.41) is 2.92. The third-order valence-corrected chi connectivity index (χ3v) is 2.49. The zero-order valence-electron chi connectivity index (χ0n) is 7.57. The van der Waals surface area contributed by atoms with Crippen molar-refractivity contribution < 1.29 is 4.79 Å². The molecule has 0 bridgehead atoms. The molecule has 3 heteroatoms. The Morgan fingerprint density at radius 3 is 2.85 bits per heavy atom. The first kappa shape index (κ1) is 8.35. The Bertz CT molecular complexity index is 279. The third kappa shape index (κ3) is 1.74. The maximum Gasteiger partial charge on any atom is 0.243 e. The van der Waals surface area contributed by atoms with E-state index in [1.807, 2.05) is 29.1 Å². The molecule has 0 spiro atoms. The average molecular weight is 178 g/mol. The van der Waals surface area contributed by atoms with Gasteiger partial charge in [-0.1, -0.05) is 0 Å². The molecular formula is C10H14N2O. The molecule has 2 rings (SSSR count). The molecule has 0 radical (unpaired) electrons. The molecule has 0 aliphatic carbocycles. The minimum atomic E-state index is 0.0116. The SMILES string of the molecule is O=C1NCCCCC1n1cccc1. The Balaban J connectivity index is 2.16. The first-order valence-electron chi connectivity index (χ1n) is 4.78. The molecule has 1 aliphatic heterocycles. The van der Waals surface area contributed by atoms with Crippen molar-refractivity contribution in [3.05, 3.63) is 24.5 Å². The molecule has 1 aromatic rings. The van der Waals surface area contributed by atoms with Gasteiger partial charge >= 0.3 is 0 Å². The highest BCUT2D eigenvalue weighted by atomic mass is 16.2. The third-order valence-electron chi connectivity index (χ3n) is 2.49. The van der Waals surface area contributed by atoms with Crippen LogP contribution in [0.4, 0.5) is 0 Å². The van der Waals surface area contributed by atoms with E-state index in [1.54, 1.807) is 0 Å². The first-order chi connectivity index (χ1) is 6.38. The van der Waals surface area contributed by atoms with E-state index >= 15 is 0 Å². The predicted molar refractivity (Wildman–Crippen MR) is 50.3 cm³/mol. The number of hydrogen-bond acceptors (Lipinski definition) is 1. The van der Waals surface area contributed by atoms with Crippen LogP contribution in [0.5, 0.6) is 0 Å². The second-order valence-corrected chi connectivity index (χ2v) is 3.43. The molecule has 1 unspecified atom stereocenters. The summed E-state index contributed by atoms with van der Waals surface area (Å²) >= 11 is 0. The van der Waals surface area contributed by atoms with Gasteiger partial charge in [0, 0.05) is 18.9 Å². The molecule has 0 aromatic carbocycles. The van der Waals surface area contributed by atoms with Crippen LogP contribution in [0.2, 0.25) is 0 Å². The van der Waals surface area contributed by atoms with Gasteiger partial charge in [0.25, 0.3) is 0 Å². The van der Waals surface area contributed by atoms with Crippen molar-refractivity contribution in [2.45, 2.75) is 25.3 Å². The monoisotopic (exact) mass is 178 g/mol. The lowest BCUT2D eigenvalue weighted by molar-refractivity contribution is -0.124. The van der Waals surface area contributed by atoms with Gasteiger partial charge < -0.3 is 9.88 Å². The van der Waals surface area contributed by atoms with E-state index in [2.05, 4.69) is 5.32 Å². The van der Waals surface area contributed by atoms with Crippen LogP contribution in [0.25, 0.3) is 0 Å². The molecular weight excluding hydrogens is 164 g/mol. The van der Waals surface area contributed by atoms with Gasteiger partial charge in [0.1, 0.15) is 6.04 Å². The average Bonchev–Trinajstić information content (AvgIpc) is 2.56. The van der Waals surface area contributed by atoms with Crippen molar-refractivity contribution in [2.75, 3.05) is 6.54 Å². The van der Waals surface area contributed by atoms with Crippen LogP contribution in [-0.4, -0.2) is 17.0 Å². The zero-order chi connectivity index (χ0) is 9.10. The number of amides is 1. The lowest BCUT2D eigenvalue weighted by Gasteiger charge is -2.14. The Morgan fingerprint density at radius 1 is 1.31 bits per heavy atom. The van der Waals surface area contributed by atoms with Gasteiger partial charge in [-0.25, -0.2) is 0 Å². The topological polar surface area (TPSA) is 34.0 Å². The standard InChI is InChI=1S/C10H14N2O/c13-10-9(5-1-2-6-11-10)12-7-3-4-8-12/h3-4,7-9H,1-2,5-6H2,(H,11,13). The number of carbonyl (C=O) groups excluding carboxylic acids is 1. The number of aromatic nitrogens is 1. The van der Waals surface area contributed by atoms with Crippen molar-refractivity contribution >= 4 is 5.91 Å². The molecule has 13 heavy (non-hydrogen) atoms. The summed E-state index contributed by atoms with van der Waals surface area (Å²) in [7, 11) is 0. The second kappa shape index (κ2) is 3.64. The minimum absolute atomic E-state index is 0.0116. The van der Waals surface area contributed by atoms with E-state index in [4.69, 9.17) is 0 Å². The van der Waals surface area contributed by atoms with Gasteiger partial charge in [-0.15, -0.1) is 0 Å². The Hall–Kier alpha value is -1.25. The van der Waals surface area contributed by atoms with Crippen LogP contribution in [0.1, 0.15) is 25.3 Å². The highest BCUT2D eigenvalue weighted by Crippen LogP contribution is 2.17. The summed E-state index contributed by atoms with van der Waals surface area (Å²) in [5.41, 5.74) is 0.